The summed E-state index contributed by atoms with van der Waals surface area (Å²) in [5.74, 6) is 2.75. The van der Waals surface area contributed by atoms with Crippen LogP contribution in [0, 0.1) is 17.8 Å². The van der Waals surface area contributed by atoms with Crippen LogP contribution in [0.1, 0.15) is 49.8 Å². The summed E-state index contributed by atoms with van der Waals surface area (Å²) in [5.41, 5.74) is 2.75. The van der Waals surface area contributed by atoms with Gasteiger partial charge in [0.05, 0.1) is 11.2 Å². The summed E-state index contributed by atoms with van der Waals surface area (Å²) in [6.45, 7) is 1.82. The Hall–Kier alpha value is -1.03. The lowest BCUT2D eigenvalue weighted by molar-refractivity contribution is -0.0511. The third-order valence-corrected chi connectivity index (χ3v) is 6.43. The maximum atomic E-state index is 12.3. The van der Waals surface area contributed by atoms with Gasteiger partial charge in [0, 0.05) is 12.1 Å². The quantitative estimate of drug-likeness (QED) is 0.819. The van der Waals surface area contributed by atoms with Crippen molar-refractivity contribution in [2.24, 2.45) is 17.8 Å². The van der Waals surface area contributed by atoms with E-state index in [-0.39, 0.29) is 11.1 Å². The normalized spacial score (nSPS) is 41.9. The maximum Gasteiger partial charge on any atom is 0.267 e. The molecule has 4 saturated carbocycles. The molecule has 0 atom stereocenters. The summed E-state index contributed by atoms with van der Waals surface area (Å²) in [7, 11) is 0. The predicted octanol–water partition coefficient (Wildman–Crippen LogP) is 1.75. The van der Waals surface area contributed by atoms with Crippen molar-refractivity contribution in [1.29, 1.82) is 0 Å². The highest BCUT2D eigenvalue weighted by molar-refractivity contribution is 5.23. The molecular weight excluding hydrogens is 250 g/mol. The number of H-pyrrole nitrogens is 1. The first-order chi connectivity index (χ1) is 9.73. The molecule has 6 rings (SSSR count). The van der Waals surface area contributed by atoms with Crippen LogP contribution in [-0.2, 0) is 18.5 Å². The minimum atomic E-state index is 0.178. The Morgan fingerprint density at radius 3 is 2.35 bits per heavy atom. The van der Waals surface area contributed by atoms with Crippen molar-refractivity contribution < 1.29 is 0 Å². The summed E-state index contributed by atoms with van der Waals surface area (Å²) in [6.07, 6.45) is 9.15. The van der Waals surface area contributed by atoms with E-state index in [1.807, 2.05) is 0 Å². The Balaban J connectivity index is 1.65. The maximum absolute atomic E-state index is 12.3. The molecule has 1 aromatic heterocycles. The third kappa shape index (κ3) is 1.43. The predicted molar refractivity (Wildman–Crippen MR) is 76.6 cm³/mol. The number of hydrogen-bond acceptors (Lipinski definition) is 2. The SMILES string of the molecule is O=c1[nH]n(C23CC4CC(CC(C4)C2)C3)c2c1CCNC2. The van der Waals surface area contributed by atoms with Gasteiger partial charge in [-0.25, -0.2) is 0 Å². The Morgan fingerprint density at radius 2 is 1.70 bits per heavy atom. The van der Waals surface area contributed by atoms with E-state index >= 15 is 0 Å². The fraction of sp³-hybridized carbons (Fsp3) is 0.812. The number of fused-ring (bicyclic) bond motifs is 1. The highest BCUT2D eigenvalue weighted by Gasteiger charge is 2.53. The lowest BCUT2D eigenvalue weighted by Gasteiger charge is -2.57. The smallest absolute Gasteiger partial charge is 0.267 e. The van der Waals surface area contributed by atoms with E-state index < -0.39 is 0 Å². The molecule has 0 radical (unpaired) electrons. The van der Waals surface area contributed by atoms with Gasteiger partial charge in [0.2, 0.25) is 0 Å². The number of nitrogens with zero attached hydrogens (tertiary/aromatic N) is 1. The van der Waals surface area contributed by atoms with Crippen LogP contribution in [0.5, 0.6) is 0 Å². The van der Waals surface area contributed by atoms with Crippen LogP contribution < -0.4 is 10.9 Å². The number of rotatable bonds is 1. The van der Waals surface area contributed by atoms with Gasteiger partial charge in [0.15, 0.2) is 0 Å². The Morgan fingerprint density at radius 1 is 1.05 bits per heavy atom. The van der Waals surface area contributed by atoms with Crippen molar-refractivity contribution in [3.63, 3.8) is 0 Å². The Labute approximate surface area is 118 Å². The standard InChI is InChI=1S/C16H23N3O/c20-15-13-1-2-17-9-14(13)19(18-15)16-6-10-3-11(7-16)5-12(4-10)8-16/h10-12,17H,1-9H2,(H,18,20). The average Bonchev–Trinajstić information content (AvgIpc) is 2.76. The zero-order chi connectivity index (χ0) is 13.3. The minimum Gasteiger partial charge on any atom is -0.311 e. The molecule has 1 aliphatic heterocycles. The van der Waals surface area contributed by atoms with Gasteiger partial charge in [-0.2, -0.15) is 0 Å². The molecule has 5 aliphatic rings. The van der Waals surface area contributed by atoms with E-state index in [0.717, 1.165) is 42.8 Å². The van der Waals surface area contributed by atoms with E-state index in [0.29, 0.717) is 0 Å². The molecule has 0 amide bonds. The molecule has 0 unspecified atom stereocenters. The Kier molecular flexibility index (Phi) is 2.20. The molecule has 4 heteroatoms. The largest absolute Gasteiger partial charge is 0.311 e. The van der Waals surface area contributed by atoms with E-state index in [2.05, 4.69) is 15.1 Å². The molecule has 0 saturated heterocycles. The van der Waals surface area contributed by atoms with E-state index in [1.54, 1.807) is 0 Å². The molecule has 2 N–H and O–H groups in total. The molecular formula is C16H23N3O. The molecule has 108 valence electrons. The third-order valence-electron chi connectivity index (χ3n) is 6.43. The average molecular weight is 273 g/mol. The molecule has 4 fully saturated rings. The number of aromatic nitrogens is 2. The zero-order valence-electron chi connectivity index (χ0n) is 12.0. The molecule has 4 bridgehead atoms. The number of hydrogen-bond donors (Lipinski definition) is 2. The van der Waals surface area contributed by atoms with E-state index in [9.17, 15) is 4.79 Å². The lowest BCUT2D eigenvalue weighted by Crippen LogP contribution is -2.53. The van der Waals surface area contributed by atoms with Gasteiger partial charge in [-0.1, -0.05) is 0 Å². The van der Waals surface area contributed by atoms with Crippen LogP contribution in [0.2, 0.25) is 0 Å². The van der Waals surface area contributed by atoms with Gasteiger partial charge in [-0.3, -0.25) is 14.6 Å². The summed E-state index contributed by atoms with van der Waals surface area (Å²) in [5, 5.41) is 6.68. The molecule has 0 spiro atoms. The molecule has 1 aromatic rings. The van der Waals surface area contributed by atoms with Gasteiger partial charge < -0.3 is 5.32 Å². The van der Waals surface area contributed by atoms with Gasteiger partial charge in [0.25, 0.3) is 5.56 Å². The topological polar surface area (TPSA) is 49.8 Å². The van der Waals surface area contributed by atoms with Crippen molar-refractivity contribution in [1.82, 2.24) is 15.1 Å². The van der Waals surface area contributed by atoms with Crippen molar-refractivity contribution >= 4 is 0 Å². The molecule has 4 nitrogen and oxygen atoms in total. The fourth-order valence-electron chi connectivity index (χ4n) is 6.11. The van der Waals surface area contributed by atoms with Crippen LogP contribution in [0.4, 0.5) is 0 Å². The fourth-order valence-corrected chi connectivity index (χ4v) is 6.11. The Bertz CT molecular complexity index is 576. The molecule has 2 heterocycles. The van der Waals surface area contributed by atoms with Gasteiger partial charge in [0.1, 0.15) is 0 Å². The first-order valence-electron chi connectivity index (χ1n) is 8.27. The molecule has 0 aromatic carbocycles. The van der Waals surface area contributed by atoms with Crippen molar-refractivity contribution in [2.75, 3.05) is 6.54 Å². The summed E-state index contributed by atoms with van der Waals surface area (Å²) >= 11 is 0. The minimum absolute atomic E-state index is 0.178. The first-order valence-corrected chi connectivity index (χ1v) is 8.27. The zero-order valence-corrected chi connectivity index (χ0v) is 12.0. The van der Waals surface area contributed by atoms with Crippen molar-refractivity contribution in [2.45, 2.75) is 57.0 Å². The second kappa shape index (κ2) is 3.79. The van der Waals surface area contributed by atoms with E-state index in [4.69, 9.17) is 0 Å². The molecule has 4 aliphatic carbocycles. The van der Waals surface area contributed by atoms with Gasteiger partial charge >= 0.3 is 0 Å². The van der Waals surface area contributed by atoms with Crippen LogP contribution in [-0.4, -0.2) is 16.3 Å². The van der Waals surface area contributed by atoms with Crippen molar-refractivity contribution in [3.05, 3.63) is 21.6 Å². The highest BCUT2D eigenvalue weighted by Crippen LogP contribution is 2.58. The van der Waals surface area contributed by atoms with E-state index in [1.165, 1.54) is 44.2 Å². The van der Waals surface area contributed by atoms with Crippen LogP contribution >= 0.6 is 0 Å². The summed E-state index contributed by atoms with van der Waals surface area (Å²) < 4.78 is 2.33. The summed E-state index contributed by atoms with van der Waals surface area (Å²) in [6, 6.07) is 0. The lowest BCUT2D eigenvalue weighted by atomic mass is 9.53. The first kappa shape index (κ1) is 11.6. The number of nitrogens with one attached hydrogen (secondary N) is 2. The number of aromatic amines is 1. The molecule has 20 heavy (non-hydrogen) atoms. The second-order valence-corrected chi connectivity index (χ2v) is 7.77. The highest BCUT2D eigenvalue weighted by atomic mass is 16.1. The van der Waals surface area contributed by atoms with Crippen LogP contribution in [0.15, 0.2) is 4.79 Å². The summed E-state index contributed by atoms with van der Waals surface area (Å²) in [4.78, 5) is 12.3. The van der Waals surface area contributed by atoms with Gasteiger partial charge in [-0.15, -0.1) is 0 Å². The van der Waals surface area contributed by atoms with Gasteiger partial charge in [-0.05, 0) is 69.2 Å². The second-order valence-electron chi connectivity index (χ2n) is 7.77. The van der Waals surface area contributed by atoms with Crippen molar-refractivity contribution in [3.8, 4) is 0 Å². The monoisotopic (exact) mass is 273 g/mol. The van der Waals surface area contributed by atoms with Crippen LogP contribution in [0.3, 0.4) is 0 Å². The van der Waals surface area contributed by atoms with Crippen LogP contribution in [0.25, 0.3) is 0 Å².